The van der Waals surface area contributed by atoms with Crippen LogP contribution in [0.1, 0.15) is 35.2 Å². The lowest BCUT2D eigenvalue weighted by Gasteiger charge is -2.17. The highest BCUT2D eigenvalue weighted by atomic mass is 16.3. The van der Waals surface area contributed by atoms with Gasteiger partial charge in [-0.3, -0.25) is 4.98 Å². The van der Waals surface area contributed by atoms with Crippen molar-refractivity contribution in [3.8, 4) is 0 Å². The SMILES string of the molecule is CC(c1cccc2ccccc12)c1nccc2cc(CO)c(CO)cc12. The average molecular weight is 343 g/mol. The van der Waals surface area contributed by atoms with Gasteiger partial charge in [-0.15, -0.1) is 0 Å². The summed E-state index contributed by atoms with van der Waals surface area (Å²) >= 11 is 0. The van der Waals surface area contributed by atoms with Crippen molar-refractivity contribution >= 4 is 21.5 Å². The van der Waals surface area contributed by atoms with Crippen molar-refractivity contribution in [3.05, 3.63) is 89.2 Å². The fourth-order valence-corrected chi connectivity index (χ4v) is 3.75. The maximum atomic E-state index is 9.67. The Bertz CT molecular complexity index is 1080. The Morgan fingerprint density at radius 1 is 0.808 bits per heavy atom. The van der Waals surface area contributed by atoms with Crippen LogP contribution >= 0.6 is 0 Å². The standard InChI is InChI=1S/C23H21NO2/c1-15(20-8-4-6-16-5-2-3-7-21(16)20)23-22-12-19(14-26)18(13-25)11-17(22)9-10-24-23/h2-12,15,25-26H,13-14H2,1H3. The van der Waals surface area contributed by atoms with Crippen LogP contribution in [0.3, 0.4) is 0 Å². The third-order valence-electron chi connectivity index (χ3n) is 5.16. The third kappa shape index (κ3) is 2.75. The van der Waals surface area contributed by atoms with Crippen molar-refractivity contribution in [3.63, 3.8) is 0 Å². The van der Waals surface area contributed by atoms with Crippen LogP contribution in [0.2, 0.25) is 0 Å². The molecule has 0 saturated heterocycles. The van der Waals surface area contributed by atoms with Gasteiger partial charge in [-0.1, -0.05) is 49.4 Å². The van der Waals surface area contributed by atoms with Crippen molar-refractivity contribution in [2.45, 2.75) is 26.1 Å². The van der Waals surface area contributed by atoms with E-state index in [1.54, 1.807) is 0 Å². The molecule has 0 aliphatic rings. The molecule has 1 unspecified atom stereocenters. The van der Waals surface area contributed by atoms with E-state index < -0.39 is 0 Å². The molecular formula is C23H21NO2. The van der Waals surface area contributed by atoms with Crippen molar-refractivity contribution in [2.24, 2.45) is 0 Å². The Labute approximate surface area is 152 Å². The van der Waals surface area contributed by atoms with Crippen molar-refractivity contribution < 1.29 is 10.2 Å². The van der Waals surface area contributed by atoms with Crippen molar-refractivity contribution in [1.29, 1.82) is 0 Å². The molecule has 130 valence electrons. The molecule has 3 aromatic carbocycles. The maximum absolute atomic E-state index is 9.67. The van der Waals surface area contributed by atoms with Gasteiger partial charge in [0.05, 0.1) is 18.9 Å². The molecule has 0 fully saturated rings. The van der Waals surface area contributed by atoms with E-state index in [-0.39, 0.29) is 19.1 Å². The number of aromatic nitrogens is 1. The Balaban J connectivity index is 1.93. The summed E-state index contributed by atoms with van der Waals surface area (Å²) < 4.78 is 0. The summed E-state index contributed by atoms with van der Waals surface area (Å²) in [5.74, 6) is 0.108. The van der Waals surface area contributed by atoms with Crippen LogP contribution in [0.5, 0.6) is 0 Å². The van der Waals surface area contributed by atoms with Gasteiger partial charge in [-0.2, -0.15) is 0 Å². The van der Waals surface area contributed by atoms with Crippen LogP contribution in [0, 0.1) is 0 Å². The van der Waals surface area contributed by atoms with Gasteiger partial charge in [0.15, 0.2) is 0 Å². The van der Waals surface area contributed by atoms with Crippen molar-refractivity contribution in [1.82, 2.24) is 4.98 Å². The van der Waals surface area contributed by atoms with Gasteiger partial charge < -0.3 is 10.2 Å². The van der Waals surface area contributed by atoms with Gasteiger partial charge in [-0.05, 0) is 51.0 Å². The minimum atomic E-state index is -0.0944. The van der Waals surface area contributed by atoms with Gasteiger partial charge in [0.25, 0.3) is 0 Å². The maximum Gasteiger partial charge on any atom is 0.0685 e. The Morgan fingerprint density at radius 2 is 1.54 bits per heavy atom. The molecule has 0 amide bonds. The van der Waals surface area contributed by atoms with Crippen LogP contribution in [-0.4, -0.2) is 15.2 Å². The number of pyridine rings is 1. The monoisotopic (exact) mass is 343 g/mol. The average Bonchev–Trinajstić information content (AvgIpc) is 2.71. The molecule has 0 radical (unpaired) electrons. The molecule has 0 spiro atoms. The van der Waals surface area contributed by atoms with Gasteiger partial charge in [0.1, 0.15) is 0 Å². The summed E-state index contributed by atoms with van der Waals surface area (Å²) in [7, 11) is 0. The molecule has 3 heteroatoms. The predicted molar refractivity (Wildman–Crippen MR) is 105 cm³/mol. The van der Waals surface area contributed by atoms with Crippen LogP contribution in [0.25, 0.3) is 21.5 Å². The molecule has 4 rings (SSSR count). The normalized spacial score (nSPS) is 12.6. The molecule has 2 N–H and O–H groups in total. The zero-order valence-corrected chi connectivity index (χ0v) is 14.7. The highest BCUT2D eigenvalue weighted by Crippen LogP contribution is 2.34. The second-order valence-corrected chi connectivity index (χ2v) is 6.64. The number of rotatable bonds is 4. The Kier molecular flexibility index (Phi) is 4.41. The summed E-state index contributed by atoms with van der Waals surface area (Å²) in [6.07, 6.45) is 1.82. The van der Waals surface area contributed by atoms with Gasteiger partial charge in [0.2, 0.25) is 0 Å². The summed E-state index contributed by atoms with van der Waals surface area (Å²) in [6, 6.07) is 20.6. The van der Waals surface area contributed by atoms with E-state index in [1.807, 2.05) is 24.4 Å². The number of aliphatic hydroxyl groups excluding tert-OH is 2. The van der Waals surface area contributed by atoms with Gasteiger partial charge in [-0.25, -0.2) is 0 Å². The minimum Gasteiger partial charge on any atom is -0.392 e. The Hall–Kier alpha value is -2.75. The van der Waals surface area contributed by atoms with Crippen LogP contribution in [0.4, 0.5) is 0 Å². The van der Waals surface area contributed by atoms with E-state index in [4.69, 9.17) is 0 Å². The summed E-state index contributed by atoms with van der Waals surface area (Å²) in [5.41, 5.74) is 3.73. The van der Waals surface area contributed by atoms with Crippen molar-refractivity contribution in [2.75, 3.05) is 0 Å². The van der Waals surface area contributed by atoms with E-state index in [2.05, 4.69) is 54.4 Å². The minimum absolute atomic E-state index is 0.0810. The molecule has 1 heterocycles. The Morgan fingerprint density at radius 3 is 2.35 bits per heavy atom. The van der Waals surface area contributed by atoms with Gasteiger partial charge >= 0.3 is 0 Å². The lowest BCUT2D eigenvalue weighted by Crippen LogP contribution is -2.03. The molecule has 0 bridgehead atoms. The number of fused-ring (bicyclic) bond motifs is 2. The molecule has 0 saturated carbocycles. The lowest BCUT2D eigenvalue weighted by molar-refractivity contribution is 0.260. The molecule has 0 aliphatic carbocycles. The van der Waals surface area contributed by atoms with E-state index in [0.29, 0.717) is 0 Å². The molecular weight excluding hydrogens is 322 g/mol. The molecule has 4 aromatic rings. The second-order valence-electron chi connectivity index (χ2n) is 6.64. The van der Waals surface area contributed by atoms with Gasteiger partial charge in [0, 0.05) is 17.5 Å². The first-order valence-corrected chi connectivity index (χ1v) is 8.82. The smallest absolute Gasteiger partial charge is 0.0685 e. The number of benzene rings is 3. The number of hydrogen-bond acceptors (Lipinski definition) is 3. The number of nitrogens with zero attached hydrogens (tertiary/aromatic N) is 1. The lowest BCUT2D eigenvalue weighted by atomic mass is 9.89. The first-order chi connectivity index (χ1) is 12.7. The molecule has 3 nitrogen and oxygen atoms in total. The summed E-state index contributed by atoms with van der Waals surface area (Å²) in [4.78, 5) is 4.68. The quantitative estimate of drug-likeness (QED) is 0.573. The number of aliphatic hydroxyl groups is 2. The zero-order valence-electron chi connectivity index (χ0n) is 14.7. The van der Waals surface area contributed by atoms with Crippen LogP contribution in [0.15, 0.2) is 66.9 Å². The largest absolute Gasteiger partial charge is 0.392 e. The third-order valence-corrected chi connectivity index (χ3v) is 5.16. The molecule has 1 aromatic heterocycles. The van der Waals surface area contributed by atoms with E-state index in [0.717, 1.165) is 27.6 Å². The topological polar surface area (TPSA) is 53.4 Å². The summed E-state index contributed by atoms with van der Waals surface area (Å²) in [5, 5.41) is 23.7. The van der Waals surface area contributed by atoms with E-state index in [9.17, 15) is 10.2 Å². The molecule has 0 aliphatic heterocycles. The van der Waals surface area contributed by atoms with E-state index in [1.165, 1.54) is 16.3 Å². The zero-order chi connectivity index (χ0) is 18.1. The predicted octanol–water partition coefficient (Wildman–Crippen LogP) is 4.52. The highest BCUT2D eigenvalue weighted by molar-refractivity contribution is 5.90. The first kappa shape index (κ1) is 16.7. The fourth-order valence-electron chi connectivity index (χ4n) is 3.75. The van der Waals surface area contributed by atoms with Crippen LogP contribution < -0.4 is 0 Å². The fraction of sp³-hybridized carbons (Fsp3) is 0.174. The van der Waals surface area contributed by atoms with E-state index >= 15 is 0 Å². The summed E-state index contributed by atoms with van der Waals surface area (Å²) in [6.45, 7) is 1.99. The highest BCUT2D eigenvalue weighted by Gasteiger charge is 2.17. The van der Waals surface area contributed by atoms with Crippen LogP contribution in [-0.2, 0) is 13.2 Å². The second kappa shape index (κ2) is 6.87. The molecule has 1 atom stereocenters. The molecule has 26 heavy (non-hydrogen) atoms. The number of hydrogen-bond donors (Lipinski definition) is 2. The first-order valence-electron chi connectivity index (χ1n) is 8.82.